The van der Waals surface area contributed by atoms with Crippen molar-refractivity contribution in [3.8, 4) is 17.2 Å². The van der Waals surface area contributed by atoms with Crippen LogP contribution in [0, 0.1) is 6.90 Å². The molecular formula is C15H10O5. The fraction of sp³-hybridized carbons (Fsp3) is 0.0667. The molecule has 0 bridgehead atoms. The Balaban J connectivity index is 2.35. The van der Waals surface area contributed by atoms with Gasteiger partial charge in [-0.2, -0.15) is 0 Å². The lowest BCUT2D eigenvalue weighted by molar-refractivity contribution is 0.0974. The zero-order valence-corrected chi connectivity index (χ0v) is 10.2. The van der Waals surface area contributed by atoms with E-state index in [2.05, 4.69) is 0 Å². The van der Waals surface area contributed by atoms with Crippen molar-refractivity contribution in [3.63, 3.8) is 0 Å². The van der Waals surface area contributed by atoms with Gasteiger partial charge >= 0.3 is 0 Å². The number of ketones is 2. The molecule has 2 aromatic rings. The first kappa shape index (κ1) is 11.0. The second-order valence-corrected chi connectivity index (χ2v) is 4.58. The van der Waals surface area contributed by atoms with E-state index in [1.54, 1.807) is 0 Å². The normalized spacial score (nSPS) is 13.7. The highest BCUT2D eigenvalue weighted by atomic mass is 16.3. The average Bonchev–Trinajstić information content (AvgIpc) is 2.43. The number of aromatic hydroxyl groups is 3. The number of hydrogen-bond acceptors (Lipinski definition) is 5. The quantitative estimate of drug-likeness (QED) is 0.581. The molecule has 3 rings (SSSR count). The molecule has 0 saturated heterocycles. The van der Waals surface area contributed by atoms with Crippen molar-refractivity contribution in [1.29, 1.82) is 0 Å². The van der Waals surface area contributed by atoms with Crippen LogP contribution in [-0.4, -0.2) is 26.9 Å². The first-order valence-corrected chi connectivity index (χ1v) is 5.74. The lowest BCUT2D eigenvalue weighted by atomic mass is 9.82. The SMILES string of the molecule is [3H]Cc1cc(O)c2c(c1)C(=O)c1cc(O)cc(O)c1C2=O. The molecule has 100 valence electrons. The predicted molar refractivity (Wildman–Crippen MR) is 69.5 cm³/mol. The number of phenolic OH excluding ortho intramolecular Hbond substituents is 3. The molecular weight excluding hydrogens is 260 g/mol. The fourth-order valence-corrected chi connectivity index (χ4v) is 2.40. The van der Waals surface area contributed by atoms with Gasteiger partial charge in [0.25, 0.3) is 0 Å². The zero-order chi connectivity index (χ0) is 15.3. The summed E-state index contributed by atoms with van der Waals surface area (Å²) in [7, 11) is 0. The summed E-state index contributed by atoms with van der Waals surface area (Å²) in [4.78, 5) is 24.8. The molecule has 3 N–H and O–H groups in total. The summed E-state index contributed by atoms with van der Waals surface area (Å²) in [5, 5.41) is 29.2. The van der Waals surface area contributed by atoms with Crippen molar-refractivity contribution < 1.29 is 26.3 Å². The number of phenols is 3. The standard InChI is InChI=1S/C15H10O5/c1-6-2-8-12(10(17)3-6)15(20)13-9(14(8)19)4-7(16)5-11(13)18/h2-5,16-18H,1H3/i1T. The molecule has 1 aliphatic rings. The summed E-state index contributed by atoms with van der Waals surface area (Å²) in [5.41, 5.74) is -0.184. The van der Waals surface area contributed by atoms with Crippen molar-refractivity contribution >= 4 is 11.6 Å². The number of rotatable bonds is 0. The van der Waals surface area contributed by atoms with Gasteiger partial charge in [-0.15, -0.1) is 0 Å². The van der Waals surface area contributed by atoms with Gasteiger partial charge in [0, 0.05) is 18.6 Å². The van der Waals surface area contributed by atoms with Crippen LogP contribution in [0.2, 0.25) is 0 Å². The second-order valence-electron chi connectivity index (χ2n) is 4.58. The summed E-state index contributed by atoms with van der Waals surface area (Å²) in [6.07, 6.45) is 0. The van der Waals surface area contributed by atoms with E-state index in [4.69, 9.17) is 1.37 Å². The maximum atomic E-state index is 12.4. The second kappa shape index (κ2) is 3.84. The van der Waals surface area contributed by atoms with Crippen LogP contribution < -0.4 is 0 Å². The Morgan fingerprint density at radius 3 is 2.10 bits per heavy atom. The molecule has 0 radical (unpaired) electrons. The van der Waals surface area contributed by atoms with E-state index in [0.717, 1.165) is 12.1 Å². The third-order valence-electron chi connectivity index (χ3n) is 3.22. The minimum atomic E-state index is -0.689. The third kappa shape index (κ3) is 1.50. The van der Waals surface area contributed by atoms with E-state index in [-0.39, 0.29) is 34.9 Å². The van der Waals surface area contributed by atoms with Crippen LogP contribution in [0.1, 0.15) is 38.8 Å². The summed E-state index contributed by atoms with van der Waals surface area (Å²) < 4.78 is 7.30. The van der Waals surface area contributed by atoms with Crippen LogP contribution in [0.3, 0.4) is 0 Å². The van der Waals surface area contributed by atoms with Crippen LogP contribution in [-0.2, 0) is 0 Å². The van der Waals surface area contributed by atoms with Crippen molar-refractivity contribution in [2.75, 3.05) is 0 Å². The van der Waals surface area contributed by atoms with Gasteiger partial charge in [-0.3, -0.25) is 9.59 Å². The Kier molecular flexibility index (Phi) is 2.12. The Morgan fingerprint density at radius 2 is 1.45 bits per heavy atom. The Bertz CT molecular complexity index is 810. The molecule has 0 aliphatic heterocycles. The lowest BCUT2D eigenvalue weighted by Gasteiger charge is -2.19. The van der Waals surface area contributed by atoms with Gasteiger partial charge in [-0.05, 0) is 30.7 Å². The Labute approximate surface area is 115 Å². The topological polar surface area (TPSA) is 94.8 Å². The van der Waals surface area contributed by atoms with E-state index in [9.17, 15) is 24.9 Å². The van der Waals surface area contributed by atoms with Crippen molar-refractivity contribution in [2.24, 2.45) is 0 Å². The summed E-state index contributed by atoms with van der Waals surface area (Å²) in [5.74, 6) is -2.52. The van der Waals surface area contributed by atoms with E-state index in [1.165, 1.54) is 12.1 Å². The van der Waals surface area contributed by atoms with Crippen molar-refractivity contribution in [2.45, 2.75) is 6.90 Å². The number of fused-ring (bicyclic) bond motifs is 2. The maximum absolute atomic E-state index is 12.4. The fourth-order valence-electron chi connectivity index (χ4n) is 2.40. The van der Waals surface area contributed by atoms with Crippen molar-refractivity contribution in [3.05, 3.63) is 52.1 Å². The predicted octanol–water partition coefficient (Wildman–Crippen LogP) is 1.89. The van der Waals surface area contributed by atoms with Gasteiger partial charge in [-0.1, -0.05) is 0 Å². The van der Waals surface area contributed by atoms with Gasteiger partial charge in [0.1, 0.15) is 17.2 Å². The van der Waals surface area contributed by atoms with Gasteiger partial charge in [0.05, 0.1) is 11.1 Å². The summed E-state index contributed by atoms with van der Waals surface area (Å²) >= 11 is 0. The highest BCUT2D eigenvalue weighted by Crippen LogP contribution is 2.38. The van der Waals surface area contributed by atoms with E-state index in [1.807, 2.05) is 0 Å². The van der Waals surface area contributed by atoms with E-state index in [0.29, 0.717) is 5.56 Å². The van der Waals surface area contributed by atoms with Gasteiger partial charge < -0.3 is 15.3 Å². The first-order chi connectivity index (χ1) is 9.93. The molecule has 5 nitrogen and oxygen atoms in total. The zero-order valence-electron chi connectivity index (χ0n) is 11.2. The largest absolute Gasteiger partial charge is 0.508 e. The minimum Gasteiger partial charge on any atom is -0.508 e. The molecule has 0 unspecified atom stereocenters. The molecule has 0 spiro atoms. The smallest absolute Gasteiger partial charge is 0.201 e. The van der Waals surface area contributed by atoms with Crippen LogP contribution in [0.25, 0.3) is 0 Å². The van der Waals surface area contributed by atoms with Crippen molar-refractivity contribution in [1.82, 2.24) is 0 Å². The summed E-state index contributed by atoms with van der Waals surface area (Å²) in [6, 6.07) is 4.68. The number of hydrogen-bond donors (Lipinski definition) is 3. The highest BCUT2D eigenvalue weighted by Gasteiger charge is 2.34. The molecule has 0 fully saturated rings. The van der Waals surface area contributed by atoms with E-state index >= 15 is 0 Å². The molecule has 0 amide bonds. The molecule has 0 aromatic heterocycles. The Hall–Kier alpha value is -2.82. The van der Waals surface area contributed by atoms with Gasteiger partial charge in [0.15, 0.2) is 5.78 Å². The Morgan fingerprint density at radius 1 is 0.850 bits per heavy atom. The number of benzene rings is 2. The van der Waals surface area contributed by atoms with Crippen LogP contribution in [0.4, 0.5) is 0 Å². The summed E-state index contributed by atoms with van der Waals surface area (Å²) in [6.45, 7) is -0.152. The molecule has 0 atom stereocenters. The molecule has 5 heteroatoms. The molecule has 2 aromatic carbocycles. The molecule has 0 saturated carbocycles. The lowest BCUT2D eigenvalue weighted by Crippen LogP contribution is -2.21. The third-order valence-corrected chi connectivity index (χ3v) is 3.22. The minimum absolute atomic E-state index is 0.0280. The number of carbonyl (C=O) groups is 2. The van der Waals surface area contributed by atoms with E-state index < -0.39 is 23.1 Å². The van der Waals surface area contributed by atoms with Gasteiger partial charge in [-0.25, -0.2) is 0 Å². The first-order valence-electron chi connectivity index (χ1n) is 6.45. The van der Waals surface area contributed by atoms with Crippen LogP contribution in [0.15, 0.2) is 24.3 Å². The number of aryl methyl sites for hydroxylation is 1. The number of carbonyl (C=O) groups excluding carboxylic acids is 2. The van der Waals surface area contributed by atoms with Crippen LogP contribution >= 0.6 is 0 Å². The monoisotopic (exact) mass is 272 g/mol. The maximum Gasteiger partial charge on any atom is 0.201 e. The molecule has 0 heterocycles. The van der Waals surface area contributed by atoms with Gasteiger partial charge in [0.2, 0.25) is 5.78 Å². The average molecular weight is 272 g/mol. The van der Waals surface area contributed by atoms with Crippen LogP contribution in [0.5, 0.6) is 17.2 Å². The molecule has 20 heavy (non-hydrogen) atoms. The molecule has 1 aliphatic carbocycles. The highest BCUT2D eigenvalue weighted by molar-refractivity contribution is 6.30.